The Balaban J connectivity index is 2.35. The van der Waals surface area contributed by atoms with Crippen LogP contribution in [0.4, 0.5) is 11.4 Å². The van der Waals surface area contributed by atoms with Gasteiger partial charge in [-0.05, 0) is 28.1 Å². The quantitative estimate of drug-likeness (QED) is 0.489. The number of non-ortho nitro benzene ring substituents is 1. The molecular formula is C11H7BrClN3O4S. The van der Waals surface area contributed by atoms with E-state index in [1.54, 1.807) is 0 Å². The Kier molecular flexibility index (Phi) is 4.45. The van der Waals surface area contributed by atoms with Gasteiger partial charge >= 0.3 is 0 Å². The lowest BCUT2D eigenvalue weighted by Crippen LogP contribution is -2.13. The number of anilines is 1. The first-order valence-electron chi connectivity index (χ1n) is 5.38. The van der Waals surface area contributed by atoms with E-state index < -0.39 is 14.9 Å². The summed E-state index contributed by atoms with van der Waals surface area (Å²) >= 11 is 8.78. The minimum atomic E-state index is -3.92. The van der Waals surface area contributed by atoms with Gasteiger partial charge in [-0.25, -0.2) is 13.4 Å². The molecule has 1 heterocycles. The van der Waals surface area contributed by atoms with Gasteiger partial charge in [0.2, 0.25) is 0 Å². The van der Waals surface area contributed by atoms with Crippen LogP contribution in [0.1, 0.15) is 0 Å². The molecule has 0 saturated carbocycles. The van der Waals surface area contributed by atoms with Crippen LogP contribution in [-0.2, 0) is 10.0 Å². The molecule has 0 atom stereocenters. The number of halogens is 2. The zero-order valence-electron chi connectivity index (χ0n) is 10.2. The van der Waals surface area contributed by atoms with Crippen molar-refractivity contribution in [1.82, 2.24) is 4.98 Å². The maximum absolute atomic E-state index is 12.2. The van der Waals surface area contributed by atoms with Gasteiger partial charge in [-0.3, -0.25) is 14.8 Å². The third-order valence-corrected chi connectivity index (χ3v) is 4.87. The van der Waals surface area contributed by atoms with Crippen molar-refractivity contribution >= 4 is 48.9 Å². The summed E-state index contributed by atoms with van der Waals surface area (Å²) in [5.41, 5.74) is -0.138. The van der Waals surface area contributed by atoms with Gasteiger partial charge in [-0.2, -0.15) is 0 Å². The van der Waals surface area contributed by atoms with Crippen LogP contribution in [0.15, 0.2) is 45.9 Å². The van der Waals surface area contributed by atoms with E-state index in [1.807, 2.05) is 0 Å². The van der Waals surface area contributed by atoms with Crippen molar-refractivity contribution in [3.05, 3.63) is 56.3 Å². The molecule has 1 aromatic heterocycles. The molecule has 7 nitrogen and oxygen atoms in total. The summed E-state index contributed by atoms with van der Waals surface area (Å²) in [6, 6.07) is 6.46. The Labute approximate surface area is 133 Å². The van der Waals surface area contributed by atoms with Crippen molar-refractivity contribution in [3.63, 3.8) is 0 Å². The predicted octanol–water partition coefficient (Wildman–Crippen LogP) is 3.21. The second-order valence-corrected chi connectivity index (χ2v) is 6.75. The van der Waals surface area contributed by atoms with E-state index in [4.69, 9.17) is 11.6 Å². The van der Waals surface area contributed by atoms with Gasteiger partial charge in [0.05, 0.1) is 15.1 Å². The minimum absolute atomic E-state index is 0.0790. The van der Waals surface area contributed by atoms with E-state index in [-0.39, 0.29) is 21.4 Å². The molecule has 0 aliphatic rings. The smallest absolute Gasteiger partial charge is 0.271 e. The molecule has 0 amide bonds. The number of hydrogen-bond acceptors (Lipinski definition) is 5. The Morgan fingerprint density at radius 3 is 2.67 bits per heavy atom. The fourth-order valence-electron chi connectivity index (χ4n) is 1.45. The summed E-state index contributed by atoms with van der Waals surface area (Å²) < 4.78 is 26.9. The lowest BCUT2D eigenvalue weighted by molar-refractivity contribution is -0.384. The van der Waals surface area contributed by atoms with E-state index in [2.05, 4.69) is 25.6 Å². The van der Waals surface area contributed by atoms with Crippen LogP contribution in [-0.4, -0.2) is 18.3 Å². The first-order valence-corrected chi connectivity index (χ1v) is 8.03. The molecule has 0 aliphatic heterocycles. The number of rotatable bonds is 4. The highest BCUT2D eigenvalue weighted by molar-refractivity contribution is 9.10. The molecule has 0 saturated heterocycles. The number of hydrogen-bond donors (Lipinski definition) is 1. The lowest BCUT2D eigenvalue weighted by Gasteiger charge is -2.08. The average molecular weight is 393 g/mol. The van der Waals surface area contributed by atoms with Gasteiger partial charge in [0, 0.05) is 18.3 Å². The highest BCUT2D eigenvalue weighted by Gasteiger charge is 2.17. The van der Waals surface area contributed by atoms with Gasteiger partial charge in [-0.1, -0.05) is 17.7 Å². The standard InChI is InChI=1S/C11H7BrClN3O4S/c12-10-5-9(6-14-11(10)13)21(19,20)15-7-2-1-3-8(4-7)16(17)18/h1-6,15H. The molecule has 0 bridgehead atoms. The van der Waals surface area contributed by atoms with Crippen LogP contribution in [0.3, 0.4) is 0 Å². The van der Waals surface area contributed by atoms with E-state index in [9.17, 15) is 18.5 Å². The number of nitro groups is 1. The van der Waals surface area contributed by atoms with Gasteiger partial charge < -0.3 is 0 Å². The Bertz CT molecular complexity index is 813. The van der Waals surface area contributed by atoms with Crippen LogP contribution in [0.2, 0.25) is 5.15 Å². The van der Waals surface area contributed by atoms with Crippen molar-refractivity contribution < 1.29 is 13.3 Å². The number of nitrogens with one attached hydrogen (secondary N) is 1. The molecule has 0 radical (unpaired) electrons. The average Bonchev–Trinajstić information content (AvgIpc) is 2.41. The number of aromatic nitrogens is 1. The normalized spacial score (nSPS) is 11.1. The molecule has 0 unspecified atom stereocenters. The molecular weight excluding hydrogens is 386 g/mol. The monoisotopic (exact) mass is 391 g/mol. The zero-order chi connectivity index (χ0) is 15.6. The Hall–Kier alpha value is -1.71. The number of benzene rings is 1. The van der Waals surface area contributed by atoms with Crippen molar-refractivity contribution in [2.45, 2.75) is 4.90 Å². The van der Waals surface area contributed by atoms with Crippen LogP contribution >= 0.6 is 27.5 Å². The first kappa shape index (κ1) is 15.7. The summed E-state index contributed by atoms with van der Waals surface area (Å²) in [6.45, 7) is 0. The van der Waals surface area contributed by atoms with Gasteiger partial charge in [0.1, 0.15) is 10.0 Å². The fraction of sp³-hybridized carbons (Fsp3) is 0. The third-order valence-electron chi connectivity index (χ3n) is 2.39. The highest BCUT2D eigenvalue weighted by atomic mass is 79.9. The fourth-order valence-corrected chi connectivity index (χ4v) is 3.07. The van der Waals surface area contributed by atoms with Crippen molar-refractivity contribution in [2.75, 3.05) is 4.72 Å². The molecule has 0 spiro atoms. The third kappa shape index (κ3) is 3.69. The van der Waals surface area contributed by atoms with Crippen LogP contribution in [0.25, 0.3) is 0 Å². The SMILES string of the molecule is O=[N+]([O-])c1cccc(NS(=O)(=O)c2cnc(Cl)c(Br)c2)c1. The molecule has 2 rings (SSSR count). The second kappa shape index (κ2) is 5.96. The van der Waals surface area contributed by atoms with Crippen LogP contribution in [0, 0.1) is 10.1 Å². The number of pyridine rings is 1. The highest BCUT2D eigenvalue weighted by Crippen LogP contribution is 2.25. The summed E-state index contributed by atoms with van der Waals surface area (Å²) in [5, 5.41) is 10.8. The molecule has 1 N–H and O–H groups in total. The molecule has 2 aromatic rings. The summed E-state index contributed by atoms with van der Waals surface area (Å²) in [7, 11) is -3.92. The lowest BCUT2D eigenvalue weighted by atomic mass is 10.3. The van der Waals surface area contributed by atoms with E-state index in [0.717, 1.165) is 12.3 Å². The van der Waals surface area contributed by atoms with Gasteiger partial charge in [-0.15, -0.1) is 0 Å². The predicted molar refractivity (Wildman–Crippen MR) is 80.9 cm³/mol. The second-order valence-electron chi connectivity index (χ2n) is 3.86. The molecule has 10 heteroatoms. The maximum Gasteiger partial charge on any atom is 0.271 e. The Morgan fingerprint density at radius 1 is 1.33 bits per heavy atom. The molecule has 110 valence electrons. The van der Waals surface area contributed by atoms with Gasteiger partial charge in [0.25, 0.3) is 15.7 Å². The summed E-state index contributed by atoms with van der Waals surface area (Å²) in [5.74, 6) is 0. The largest absolute Gasteiger partial charge is 0.279 e. The number of sulfonamides is 1. The molecule has 0 fully saturated rings. The summed E-state index contributed by atoms with van der Waals surface area (Å²) in [4.78, 5) is 13.7. The zero-order valence-corrected chi connectivity index (χ0v) is 13.3. The van der Waals surface area contributed by atoms with Crippen molar-refractivity contribution in [3.8, 4) is 0 Å². The van der Waals surface area contributed by atoms with Crippen LogP contribution in [0.5, 0.6) is 0 Å². The molecule has 0 aliphatic carbocycles. The van der Waals surface area contributed by atoms with E-state index in [0.29, 0.717) is 4.47 Å². The molecule has 1 aromatic carbocycles. The van der Waals surface area contributed by atoms with Gasteiger partial charge in [0.15, 0.2) is 0 Å². The number of nitrogens with zero attached hydrogens (tertiary/aromatic N) is 2. The van der Waals surface area contributed by atoms with Crippen LogP contribution < -0.4 is 4.72 Å². The van der Waals surface area contributed by atoms with Crippen molar-refractivity contribution in [2.24, 2.45) is 0 Å². The van der Waals surface area contributed by atoms with E-state index in [1.165, 1.54) is 24.3 Å². The van der Waals surface area contributed by atoms with E-state index >= 15 is 0 Å². The maximum atomic E-state index is 12.2. The molecule has 21 heavy (non-hydrogen) atoms. The van der Waals surface area contributed by atoms with Crippen molar-refractivity contribution in [1.29, 1.82) is 0 Å². The number of nitro benzene ring substituents is 1. The Morgan fingerprint density at radius 2 is 2.05 bits per heavy atom. The summed E-state index contributed by atoms with van der Waals surface area (Å²) in [6.07, 6.45) is 1.09. The topological polar surface area (TPSA) is 102 Å². The first-order chi connectivity index (χ1) is 9.79. The minimum Gasteiger partial charge on any atom is -0.279 e.